The van der Waals surface area contributed by atoms with E-state index in [-0.39, 0.29) is 17.9 Å². The summed E-state index contributed by atoms with van der Waals surface area (Å²) in [6.45, 7) is 4.30. The Bertz CT molecular complexity index is 1300. The number of amides is 1. The lowest BCUT2D eigenvalue weighted by molar-refractivity contribution is -0.0364. The van der Waals surface area contributed by atoms with E-state index in [0.717, 1.165) is 36.2 Å². The van der Waals surface area contributed by atoms with Crippen LogP contribution in [0, 0.1) is 18.8 Å². The molecule has 0 saturated carbocycles. The molecule has 0 radical (unpaired) electrons. The van der Waals surface area contributed by atoms with E-state index in [1.807, 2.05) is 19.2 Å². The Morgan fingerprint density at radius 1 is 1.24 bits per heavy atom. The Morgan fingerprint density at radius 3 is 2.91 bits per heavy atom. The SMILES string of the molecule is Cc1ccc(C(=O)Nc2cc3n(n2)CCCC3(F)F)cc1C#Cc1cncc(C2CCNC2)c1. The number of aryl methyl sites for hydroxylation is 2. The summed E-state index contributed by atoms with van der Waals surface area (Å²) in [6.07, 6.45) is 4.86. The summed E-state index contributed by atoms with van der Waals surface area (Å²) in [7, 11) is 0. The second-order valence-electron chi connectivity index (χ2n) is 8.88. The van der Waals surface area contributed by atoms with Crippen molar-refractivity contribution < 1.29 is 13.6 Å². The molecule has 2 N–H and O–H groups in total. The van der Waals surface area contributed by atoms with Gasteiger partial charge in [-0.1, -0.05) is 17.9 Å². The first-order chi connectivity index (χ1) is 16.4. The van der Waals surface area contributed by atoms with Crippen molar-refractivity contribution in [3.63, 3.8) is 0 Å². The van der Waals surface area contributed by atoms with Gasteiger partial charge < -0.3 is 10.6 Å². The Morgan fingerprint density at radius 2 is 2.12 bits per heavy atom. The summed E-state index contributed by atoms with van der Waals surface area (Å²) in [6, 6.07) is 8.55. The number of benzene rings is 1. The zero-order valence-electron chi connectivity index (χ0n) is 18.9. The first kappa shape index (κ1) is 22.2. The maximum Gasteiger partial charge on any atom is 0.289 e. The molecule has 2 aromatic heterocycles. The van der Waals surface area contributed by atoms with Crippen LogP contribution in [-0.4, -0.2) is 33.8 Å². The molecule has 1 fully saturated rings. The molecule has 0 bridgehead atoms. The summed E-state index contributed by atoms with van der Waals surface area (Å²) in [5.41, 5.74) is 3.88. The molecule has 8 heteroatoms. The predicted molar refractivity (Wildman–Crippen MR) is 125 cm³/mol. The third-order valence-electron chi connectivity index (χ3n) is 6.39. The predicted octanol–water partition coefficient (Wildman–Crippen LogP) is 4.20. The van der Waals surface area contributed by atoms with Crippen LogP contribution in [0.4, 0.5) is 14.6 Å². The topological polar surface area (TPSA) is 71.8 Å². The van der Waals surface area contributed by atoms with Crippen molar-refractivity contribution in [2.24, 2.45) is 0 Å². The maximum absolute atomic E-state index is 14.1. The minimum atomic E-state index is -2.93. The lowest BCUT2D eigenvalue weighted by atomic mass is 9.99. The number of carbonyl (C=O) groups is 1. The highest BCUT2D eigenvalue weighted by Crippen LogP contribution is 2.37. The van der Waals surface area contributed by atoms with Crippen LogP contribution in [0.25, 0.3) is 0 Å². The van der Waals surface area contributed by atoms with Crippen LogP contribution in [0.3, 0.4) is 0 Å². The number of aromatic nitrogens is 3. The largest absolute Gasteiger partial charge is 0.316 e. The van der Waals surface area contributed by atoms with Gasteiger partial charge in [0.25, 0.3) is 11.8 Å². The molecule has 5 rings (SSSR count). The molecule has 1 aromatic carbocycles. The average Bonchev–Trinajstić information content (AvgIpc) is 3.49. The number of carbonyl (C=O) groups excluding carboxylic acids is 1. The van der Waals surface area contributed by atoms with Crippen molar-refractivity contribution in [3.8, 4) is 11.8 Å². The lowest BCUT2D eigenvalue weighted by Gasteiger charge is -2.22. The van der Waals surface area contributed by atoms with Crippen LogP contribution in [0.5, 0.6) is 0 Å². The van der Waals surface area contributed by atoms with E-state index in [4.69, 9.17) is 0 Å². The zero-order valence-corrected chi connectivity index (χ0v) is 18.9. The van der Waals surface area contributed by atoms with E-state index in [1.54, 1.807) is 18.3 Å². The molecular formula is C26H25F2N5O. The molecule has 6 nitrogen and oxygen atoms in total. The van der Waals surface area contributed by atoms with Crippen LogP contribution in [-0.2, 0) is 12.5 Å². The fourth-order valence-electron chi connectivity index (χ4n) is 4.44. The van der Waals surface area contributed by atoms with Gasteiger partial charge in [-0.3, -0.25) is 14.5 Å². The van der Waals surface area contributed by atoms with Crippen LogP contribution in [0.2, 0.25) is 0 Å². The van der Waals surface area contributed by atoms with Gasteiger partial charge >= 0.3 is 0 Å². The first-order valence-corrected chi connectivity index (χ1v) is 11.4. The number of nitrogens with zero attached hydrogens (tertiary/aromatic N) is 3. The summed E-state index contributed by atoms with van der Waals surface area (Å²) in [4.78, 5) is 17.1. The highest BCUT2D eigenvalue weighted by Gasteiger charge is 2.38. The number of pyridine rings is 1. The third kappa shape index (κ3) is 4.57. The number of halogens is 2. The molecule has 2 aliphatic rings. The van der Waals surface area contributed by atoms with Crippen molar-refractivity contribution in [1.29, 1.82) is 0 Å². The van der Waals surface area contributed by atoms with E-state index in [0.29, 0.717) is 24.4 Å². The summed E-state index contributed by atoms with van der Waals surface area (Å²) in [5.74, 6) is 3.54. The van der Waals surface area contributed by atoms with Gasteiger partial charge in [0.1, 0.15) is 5.69 Å². The minimum absolute atomic E-state index is 0.124. The van der Waals surface area contributed by atoms with Crippen LogP contribution in [0.1, 0.15) is 63.5 Å². The Balaban J connectivity index is 1.34. The average molecular weight is 462 g/mol. The van der Waals surface area contributed by atoms with Crippen LogP contribution < -0.4 is 10.6 Å². The number of hydrogen-bond donors (Lipinski definition) is 2. The molecular weight excluding hydrogens is 436 g/mol. The molecule has 1 atom stereocenters. The Hall–Kier alpha value is -3.57. The van der Waals surface area contributed by atoms with Crippen LogP contribution >= 0.6 is 0 Å². The van der Waals surface area contributed by atoms with Crippen LogP contribution in [0.15, 0.2) is 42.7 Å². The van der Waals surface area contributed by atoms with Gasteiger partial charge in [-0.25, -0.2) is 0 Å². The summed E-state index contributed by atoms with van der Waals surface area (Å²) in [5, 5.41) is 10.1. The molecule has 1 amide bonds. The smallest absolute Gasteiger partial charge is 0.289 e. The molecule has 0 spiro atoms. The third-order valence-corrected chi connectivity index (χ3v) is 6.39. The number of anilines is 1. The van der Waals surface area contributed by atoms with Crippen molar-refractivity contribution in [3.05, 3.63) is 76.2 Å². The van der Waals surface area contributed by atoms with Gasteiger partial charge in [-0.15, -0.1) is 0 Å². The molecule has 34 heavy (non-hydrogen) atoms. The van der Waals surface area contributed by atoms with Crippen molar-refractivity contribution in [1.82, 2.24) is 20.1 Å². The lowest BCUT2D eigenvalue weighted by Crippen LogP contribution is -2.25. The van der Waals surface area contributed by atoms with Crippen molar-refractivity contribution in [2.45, 2.75) is 44.6 Å². The first-order valence-electron chi connectivity index (χ1n) is 11.4. The van der Waals surface area contributed by atoms with E-state index < -0.39 is 11.8 Å². The molecule has 3 aromatic rings. The monoisotopic (exact) mass is 461 g/mol. The second-order valence-corrected chi connectivity index (χ2v) is 8.88. The van der Waals surface area contributed by atoms with Gasteiger partial charge in [0.15, 0.2) is 5.82 Å². The van der Waals surface area contributed by atoms with Gasteiger partial charge in [-0.2, -0.15) is 13.9 Å². The standard InChI is InChI=1S/C26H25F2N5O/c1-17-3-5-20(25(34)31-24-13-23-26(27,28)8-2-10-33(23)32-24)12-19(17)6-4-18-11-22(16-30-14-18)21-7-9-29-15-21/h3,5,11-14,16,21,29H,2,7-10,15H2,1H3,(H,31,32,34). The summed E-state index contributed by atoms with van der Waals surface area (Å²) >= 11 is 0. The molecule has 0 aliphatic carbocycles. The molecule has 4 heterocycles. The Kier molecular flexibility index (Phi) is 5.88. The number of hydrogen-bond acceptors (Lipinski definition) is 4. The molecule has 2 aliphatic heterocycles. The van der Waals surface area contributed by atoms with E-state index in [2.05, 4.69) is 38.6 Å². The van der Waals surface area contributed by atoms with E-state index in [1.165, 1.54) is 16.3 Å². The minimum Gasteiger partial charge on any atom is -0.316 e. The van der Waals surface area contributed by atoms with E-state index >= 15 is 0 Å². The Labute approximate surface area is 196 Å². The quantitative estimate of drug-likeness (QED) is 0.574. The number of alkyl halides is 2. The number of nitrogens with one attached hydrogen (secondary N) is 2. The maximum atomic E-state index is 14.1. The van der Waals surface area contributed by atoms with Gasteiger partial charge in [0.05, 0.1) is 0 Å². The van der Waals surface area contributed by atoms with Gasteiger partial charge in [0.2, 0.25) is 0 Å². The van der Waals surface area contributed by atoms with Gasteiger partial charge in [0, 0.05) is 54.7 Å². The molecule has 1 saturated heterocycles. The zero-order chi connectivity index (χ0) is 23.7. The van der Waals surface area contributed by atoms with Crippen molar-refractivity contribution in [2.75, 3.05) is 18.4 Å². The highest BCUT2D eigenvalue weighted by molar-refractivity contribution is 6.04. The van der Waals surface area contributed by atoms with E-state index in [9.17, 15) is 13.6 Å². The molecule has 174 valence electrons. The highest BCUT2D eigenvalue weighted by atomic mass is 19.3. The van der Waals surface area contributed by atoms with Gasteiger partial charge in [-0.05, 0) is 61.6 Å². The normalized spacial score (nSPS) is 18.6. The fraction of sp³-hybridized carbons (Fsp3) is 0.346. The van der Waals surface area contributed by atoms with Crippen molar-refractivity contribution >= 4 is 11.7 Å². The molecule has 1 unspecified atom stereocenters. The number of fused-ring (bicyclic) bond motifs is 1. The second kappa shape index (κ2) is 8.99. The fourth-order valence-corrected chi connectivity index (χ4v) is 4.44. The summed E-state index contributed by atoms with van der Waals surface area (Å²) < 4.78 is 29.5. The number of rotatable bonds is 3.